The zero-order valence-corrected chi connectivity index (χ0v) is 15.9. The molecule has 3 aromatic rings. The Labute approximate surface area is 166 Å². The molecule has 1 unspecified atom stereocenters. The second kappa shape index (κ2) is 7.38. The zero-order chi connectivity index (χ0) is 20.5. The van der Waals surface area contributed by atoms with Crippen LogP contribution in [0.4, 0.5) is 10.3 Å². The molecule has 0 spiro atoms. The van der Waals surface area contributed by atoms with E-state index in [4.69, 9.17) is 4.74 Å². The molecule has 2 heterocycles. The van der Waals surface area contributed by atoms with Crippen LogP contribution in [0.2, 0.25) is 0 Å². The highest BCUT2D eigenvalue weighted by atomic mass is 19.1. The molecule has 0 bridgehead atoms. The van der Waals surface area contributed by atoms with Gasteiger partial charge in [0.1, 0.15) is 17.6 Å². The molecule has 7 nitrogen and oxygen atoms in total. The number of halogens is 1. The van der Waals surface area contributed by atoms with E-state index in [-0.39, 0.29) is 18.2 Å². The number of hydrogen-bond donors (Lipinski definition) is 2. The molecule has 0 saturated heterocycles. The number of carbonyl (C=O) groups excluding carboxylic acids is 1. The van der Waals surface area contributed by atoms with Crippen LogP contribution in [0.25, 0.3) is 11.4 Å². The molecule has 0 fully saturated rings. The van der Waals surface area contributed by atoms with E-state index in [9.17, 15) is 14.3 Å². The summed E-state index contributed by atoms with van der Waals surface area (Å²) in [4.78, 5) is 17.2. The van der Waals surface area contributed by atoms with Crippen molar-refractivity contribution in [2.75, 3.05) is 11.9 Å². The highest BCUT2D eigenvalue weighted by Gasteiger charge is 2.35. The quantitative estimate of drug-likeness (QED) is 0.657. The molecule has 1 aliphatic heterocycles. The maximum Gasteiger partial charge on any atom is 0.338 e. The summed E-state index contributed by atoms with van der Waals surface area (Å²) in [6.07, 6.45) is 0. The number of anilines is 1. The monoisotopic (exact) mass is 394 g/mol. The molecule has 0 amide bonds. The highest BCUT2D eigenvalue weighted by molar-refractivity contribution is 5.92. The molecule has 8 heteroatoms. The molecule has 2 aromatic carbocycles. The molecule has 0 saturated carbocycles. The highest BCUT2D eigenvalue weighted by Crippen LogP contribution is 2.37. The molecule has 1 aromatic heterocycles. The number of rotatable bonds is 4. The summed E-state index contributed by atoms with van der Waals surface area (Å²) in [5, 5.41) is 17.3. The maximum atomic E-state index is 13.3. The third-order valence-corrected chi connectivity index (χ3v) is 4.66. The normalized spacial score (nSPS) is 15.6. The molecular weight excluding hydrogens is 375 g/mol. The number of aromatic nitrogens is 3. The summed E-state index contributed by atoms with van der Waals surface area (Å²) in [6, 6.07) is 11.8. The van der Waals surface area contributed by atoms with Gasteiger partial charge in [0, 0.05) is 11.3 Å². The van der Waals surface area contributed by atoms with Crippen LogP contribution in [0.1, 0.15) is 25.5 Å². The van der Waals surface area contributed by atoms with E-state index < -0.39 is 12.0 Å². The first-order valence-electron chi connectivity index (χ1n) is 9.14. The maximum absolute atomic E-state index is 13.3. The first-order valence-corrected chi connectivity index (χ1v) is 9.14. The molecule has 4 rings (SSSR count). The van der Waals surface area contributed by atoms with Crippen molar-refractivity contribution >= 4 is 11.9 Å². The summed E-state index contributed by atoms with van der Waals surface area (Å²) < 4.78 is 20.1. The van der Waals surface area contributed by atoms with Gasteiger partial charge in [0.25, 0.3) is 0 Å². The predicted molar refractivity (Wildman–Crippen MR) is 105 cm³/mol. The van der Waals surface area contributed by atoms with E-state index in [0.29, 0.717) is 28.6 Å². The number of phenolic OH excluding ortho intramolecular Hbond substituents is 1. The third-order valence-electron chi connectivity index (χ3n) is 4.66. The standard InChI is InChI=1S/C21H19FN4O3/c1-3-29-20(28)17-12(2)23-21-24-19(14-4-8-15(22)9-5-14)25-26(21)18(17)13-6-10-16(27)11-7-13/h4-11,18,27H,3H2,1-2H3,(H,23,24,25). The smallest absolute Gasteiger partial charge is 0.338 e. The van der Waals surface area contributed by atoms with Crippen LogP contribution in [0.15, 0.2) is 59.8 Å². The number of nitrogens with zero attached hydrogens (tertiary/aromatic N) is 3. The van der Waals surface area contributed by atoms with Gasteiger partial charge in [0.05, 0.1) is 12.2 Å². The Morgan fingerprint density at radius 1 is 1.21 bits per heavy atom. The fourth-order valence-electron chi connectivity index (χ4n) is 3.31. The van der Waals surface area contributed by atoms with Crippen molar-refractivity contribution in [1.82, 2.24) is 14.8 Å². The fourth-order valence-corrected chi connectivity index (χ4v) is 3.31. The SMILES string of the molecule is CCOC(=O)C1=C(C)Nc2nc(-c3ccc(F)cc3)nn2C1c1ccc(O)cc1. The molecule has 29 heavy (non-hydrogen) atoms. The van der Waals surface area contributed by atoms with Gasteiger partial charge in [-0.05, 0) is 55.8 Å². The molecule has 148 valence electrons. The minimum Gasteiger partial charge on any atom is -0.508 e. The van der Waals surface area contributed by atoms with Gasteiger partial charge in [-0.3, -0.25) is 0 Å². The molecular formula is C21H19FN4O3. The molecule has 2 N–H and O–H groups in total. The fraction of sp³-hybridized carbons (Fsp3) is 0.190. The summed E-state index contributed by atoms with van der Waals surface area (Å²) in [5.74, 6) is 0.161. The molecule has 1 atom stereocenters. The van der Waals surface area contributed by atoms with E-state index in [1.165, 1.54) is 12.1 Å². The predicted octanol–water partition coefficient (Wildman–Crippen LogP) is 3.64. The second-order valence-electron chi connectivity index (χ2n) is 6.59. The van der Waals surface area contributed by atoms with Gasteiger partial charge in [0.2, 0.25) is 5.95 Å². The van der Waals surface area contributed by atoms with Crippen LogP contribution < -0.4 is 5.32 Å². The van der Waals surface area contributed by atoms with E-state index in [2.05, 4.69) is 15.4 Å². The second-order valence-corrected chi connectivity index (χ2v) is 6.59. The van der Waals surface area contributed by atoms with Gasteiger partial charge in [-0.2, -0.15) is 4.98 Å². The average molecular weight is 394 g/mol. The molecule has 0 radical (unpaired) electrons. The number of phenols is 1. The van der Waals surface area contributed by atoms with Crippen molar-refractivity contribution in [3.8, 4) is 17.1 Å². The number of allylic oxidation sites excluding steroid dienone is 1. The number of carbonyl (C=O) groups is 1. The van der Waals surface area contributed by atoms with E-state index >= 15 is 0 Å². The minimum atomic E-state index is -0.590. The van der Waals surface area contributed by atoms with Gasteiger partial charge in [-0.1, -0.05) is 12.1 Å². The van der Waals surface area contributed by atoms with Gasteiger partial charge in [0.15, 0.2) is 5.82 Å². The summed E-state index contributed by atoms with van der Waals surface area (Å²) in [6.45, 7) is 3.76. The molecule has 1 aliphatic rings. The third kappa shape index (κ3) is 3.44. The Kier molecular flexibility index (Phi) is 4.75. The lowest BCUT2D eigenvalue weighted by atomic mass is 9.96. The number of hydrogen-bond acceptors (Lipinski definition) is 6. The number of ether oxygens (including phenoxy) is 1. The van der Waals surface area contributed by atoms with Crippen LogP contribution in [-0.4, -0.2) is 32.4 Å². The number of fused-ring (bicyclic) bond motifs is 1. The van der Waals surface area contributed by atoms with E-state index in [0.717, 1.165) is 5.56 Å². The minimum absolute atomic E-state index is 0.117. The number of aromatic hydroxyl groups is 1. The van der Waals surface area contributed by atoms with Gasteiger partial charge >= 0.3 is 5.97 Å². The lowest BCUT2D eigenvalue weighted by Crippen LogP contribution is -2.29. The summed E-state index contributed by atoms with van der Waals surface area (Å²) in [7, 11) is 0. The van der Waals surface area contributed by atoms with Crippen molar-refractivity contribution in [2.24, 2.45) is 0 Å². The van der Waals surface area contributed by atoms with Crippen LogP contribution in [0, 0.1) is 5.82 Å². The van der Waals surface area contributed by atoms with Crippen molar-refractivity contribution in [2.45, 2.75) is 19.9 Å². The Hall–Kier alpha value is -3.68. The van der Waals surface area contributed by atoms with E-state index in [1.807, 2.05) is 0 Å². The van der Waals surface area contributed by atoms with Crippen molar-refractivity contribution < 1.29 is 19.0 Å². The lowest BCUT2D eigenvalue weighted by molar-refractivity contribution is -0.139. The lowest BCUT2D eigenvalue weighted by Gasteiger charge is -2.28. The van der Waals surface area contributed by atoms with Crippen molar-refractivity contribution in [3.63, 3.8) is 0 Å². The zero-order valence-electron chi connectivity index (χ0n) is 15.9. The summed E-state index contributed by atoms with van der Waals surface area (Å²) in [5.41, 5.74) is 2.39. The van der Waals surface area contributed by atoms with Gasteiger partial charge in [-0.25, -0.2) is 13.9 Å². The van der Waals surface area contributed by atoms with Gasteiger partial charge < -0.3 is 15.2 Å². The van der Waals surface area contributed by atoms with Crippen LogP contribution in [0.3, 0.4) is 0 Å². The Morgan fingerprint density at radius 2 is 1.90 bits per heavy atom. The average Bonchev–Trinajstić information content (AvgIpc) is 3.12. The first-order chi connectivity index (χ1) is 14.0. The Balaban J connectivity index is 1.85. The largest absolute Gasteiger partial charge is 0.508 e. The topological polar surface area (TPSA) is 89.3 Å². The van der Waals surface area contributed by atoms with Crippen molar-refractivity contribution in [3.05, 3.63) is 71.2 Å². The number of esters is 1. The van der Waals surface area contributed by atoms with Crippen LogP contribution in [-0.2, 0) is 9.53 Å². The Morgan fingerprint density at radius 3 is 2.55 bits per heavy atom. The van der Waals surface area contributed by atoms with Crippen molar-refractivity contribution in [1.29, 1.82) is 0 Å². The Bertz CT molecular complexity index is 1090. The number of benzene rings is 2. The van der Waals surface area contributed by atoms with Gasteiger partial charge in [-0.15, -0.1) is 5.10 Å². The van der Waals surface area contributed by atoms with E-state index in [1.54, 1.807) is 54.9 Å². The summed E-state index contributed by atoms with van der Waals surface area (Å²) >= 11 is 0. The molecule has 0 aliphatic carbocycles. The number of nitrogens with one attached hydrogen (secondary N) is 1. The van der Waals surface area contributed by atoms with Crippen LogP contribution >= 0.6 is 0 Å². The van der Waals surface area contributed by atoms with Crippen LogP contribution in [0.5, 0.6) is 5.75 Å². The first kappa shape index (κ1) is 18.7.